The molecule has 170 valence electrons. The molecule has 2 aromatic carbocycles. The zero-order valence-electron chi connectivity index (χ0n) is 17.3. The number of hydrogen-bond donors (Lipinski definition) is 2. The molecule has 0 aromatic heterocycles. The lowest BCUT2D eigenvalue weighted by Crippen LogP contribution is -2.21. The van der Waals surface area contributed by atoms with Crippen molar-refractivity contribution in [2.75, 3.05) is 23.8 Å². The van der Waals surface area contributed by atoms with Crippen molar-refractivity contribution >= 4 is 58.3 Å². The van der Waals surface area contributed by atoms with Gasteiger partial charge in [-0.1, -0.05) is 30.1 Å². The van der Waals surface area contributed by atoms with Crippen molar-refractivity contribution in [3.63, 3.8) is 0 Å². The topological polar surface area (TPSA) is 111 Å². The second-order valence-corrected chi connectivity index (χ2v) is 7.41. The van der Waals surface area contributed by atoms with Gasteiger partial charge in [0, 0.05) is 17.8 Å². The van der Waals surface area contributed by atoms with Crippen LogP contribution in [0.2, 0.25) is 10.0 Å². The van der Waals surface area contributed by atoms with E-state index in [2.05, 4.69) is 10.6 Å². The van der Waals surface area contributed by atoms with Crippen LogP contribution in [0.3, 0.4) is 0 Å². The summed E-state index contributed by atoms with van der Waals surface area (Å²) in [6.07, 6.45) is 0.394. The third-order valence-corrected chi connectivity index (χ3v) is 4.70. The first-order valence-corrected chi connectivity index (χ1v) is 10.5. The SMILES string of the molecule is CCCOC(=O)c1ccc(NC(=O)CCC(=O)OCC(=O)Nc2ccc(Cl)c(Cl)c2)cc1. The van der Waals surface area contributed by atoms with Crippen LogP contribution < -0.4 is 10.6 Å². The fourth-order valence-corrected chi connectivity index (χ4v) is 2.69. The fourth-order valence-electron chi connectivity index (χ4n) is 2.40. The Hall–Kier alpha value is -3.10. The van der Waals surface area contributed by atoms with Crippen molar-refractivity contribution in [3.05, 3.63) is 58.1 Å². The Bertz CT molecular complexity index is 979. The minimum absolute atomic E-state index is 0.131. The van der Waals surface area contributed by atoms with Gasteiger partial charge in [0.05, 0.1) is 28.6 Å². The number of benzene rings is 2. The summed E-state index contributed by atoms with van der Waals surface area (Å²) in [6, 6.07) is 10.7. The van der Waals surface area contributed by atoms with Gasteiger partial charge >= 0.3 is 11.9 Å². The number of halogens is 2. The van der Waals surface area contributed by atoms with Crippen LogP contribution in [-0.4, -0.2) is 37.0 Å². The Labute approximate surface area is 195 Å². The van der Waals surface area contributed by atoms with Crippen LogP contribution in [0.15, 0.2) is 42.5 Å². The first kappa shape index (κ1) is 25.2. The summed E-state index contributed by atoms with van der Waals surface area (Å²) in [7, 11) is 0. The van der Waals surface area contributed by atoms with E-state index in [4.69, 9.17) is 32.7 Å². The molecule has 0 atom stereocenters. The molecule has 0 aliphatic rings. The third-order valence-electron chi connectivity index (χ3n) is 3.97. The van der Waals surface area contributed by atoms with Gasteiger partial charge in [0.2, 0.25) is 5.91 Å². The average Bonchev–Trinajstić information content (AvgIpc) is 2.77. The predicted molar refractivity (Wildman–Crippen MR) is 121 cm³/mol. The molecule has 0 unspecified atom stereocenters. The zero-order valence-corrected chi connectivity index (χ0v) is 18.8. The summed E-state index contributed by atoms with van der Waals surface area (Å²) in [5.74, 6) is -2.10. The van der Waals surface area contributed by atoms with E-state index in [1.165, 1.54) is 24.3 Å². The fraction of sp³-hybridized carbons (Fsp3) is 0.273. The number of amides is 2. The van der Waals surface area contributed by atoms with Gasteiger partial charge in [0.1, 0.15) is 0 Å². The molecule has 0 aliphatic carbocycles. The summed E-state index contributed by atoms with van der Waals surface area (Å²) in [5.41, 5.74) is 1.25. The van der Waals surface area contributed by atoms with Crippen molar-refractivity contribution in [2.24, 2.45) is 0 Å². The number of carbonyl (C=O) groups excluding carboxylic acids is 4. The maximum absolute atomic E-state index is 12.0. The van der Waals surface area contributed by atoms with Gasteiger partial charge in [-0.05, 0) is 48.9 Å². The normalized spacial score (nSPS) is 10.2. The van der Waals surface area contributed by atoms with Gasteiger partial charge in [-0.3, -0.25) is 14.4 Å². The number of carbonyl (C=O) groups is 4. The average molecular weight is 481 g/mol. The summed E-state index contributed by atoms with van der Waals surface area (Å²) in [6.45, 7) is 1.73. The molecule has 10 heteroatoms. The number of ether oxygens (including phenoxy) is 2. The Balaban J connectivity index is 1.69. The molecule has 32 heavy (non-hydrogen) atoms. The van der Waals surface area contributed by atoms with Crippen LogP contribution in [-0.2, 0) is 23.9 Å². The van der Waals surface area contributed by atoms with Crippen LogP contribution in [0.4, 0.5) is 11.4 Å². The van der Waals surface area contributed by atoms with E-state index in [0.29, 0.717) is 28.6 Å². The van der Waals surface area contributed by atoms with E-state index in [-0.39, 0.29) is 17.9 Å². The van der Waals surface area contributed by atoms with Gasteiger partial charge < -0.3 is 20.1 Å². The highest BCUT2D eigenvalue weighted by Gasteiger charge is 2.12. The largest absolute Gasteiger partial charge is 0.462 e. The predicted octanol–water partition coefficient (Wildman–Crippen LogP) is 4.46. The zero-order chi connectivity index (χ0) is 23.5. The molecule has 2 aromatic rings. The molecule has 0 fully saturated rings. The molecule has 0 saturated heterocycles. The molecule has 0 radical (unpaired) electrons. The molecular weight excluding hydrogens is 459 g/mol. The highest BCUT2D eigenvalue weighted by atomic mass is 35.5. The van der Waals surface area contributed by atoms with E-state index in [9.17, 15) is 19.2 Å². The molecule has 0 aliphatic heterocycles. The molecule has 0 saturated carbocycles. The number of hydrogen-bond acceptors (Lipinski definition) is 6. The first-order valence-electron chi connectivity index (χ1n) is 9.76. The number of rotatable bonds is 10. The highest BCUT2D eigenvalue weighted by Crippen LogP contribution is 2.24. The lowest BCUT2D eigenvalue weighted by atomic mass is 10.2. The van der Waals surface area contributed by atoms with Crippen molar-refractivity contribution in [1.29, 1.82) is 0 Å². The maximum Gasteiger partial charge on any atom is 0.338 e. The quantitative estimate of drug-likeness (QED) is 0.485. The summed E-state index contributed by atoms with van der Waals surface area (Å²) >= 11 is 11.7. The monoisotopic (exact) mass is 480 g/mol. The van der Waals surface area contributed by atoms with Crippen LogP contribution >= 0.6 is 23.2 Å². The van der Waals surface area contributed by atoms with Crippen LogP contribution in [0.1, 0.15) is 36.5 Å². The van der Waals surface area contributed by atoms with Crippen molar-refractivity contribution < 1.29 is 28.7 Å². The molecule has 2 amide bonds. The van der Waals surface area contributed by atoms with E-state index < -0.39 is 30.4 Å². The smallest absolute Gasteiger partial charge is 0.338 e. The molecule has 0 bridgehead atoms. The van der Waals surface area contributed by atoms with E-state index >= 15 is 0 Å². The van der Waals surface area contributed by atoms with Gasteiger partial charge in [0.25, 0.3) is 5.91 Å². The maximum atomic E-state index is 12.0. The molecule has 2 rings (SSSR count). The van der Waals surface area contributed by atoms with Gasteiger partial charge in [-0.2, -0.15) is 0 Å². The van der Waals surface area contributed by atoms with Crippen LogP contribution in [0.25, 0.3) is 0 Å². The third kappa shape index (κ3) is 8.56. The molecule has 2 N–H and O–H groups in total. The van der Waals surface area contributed by atoms with Crippen molar-refractivity contribution in [3.8, 4) is 0 Å². The lowest BCUT2D eigenvalue weighted by molar-refractivity contribution is -0.147. The lowest BCUT2D eigenvalue weighted by Gasteiger charge is -2.08. The molecular formula is C22H22Cl2N2O6. The molecule has 0 heterocycles. The number of esters is 2. The summed E-state index contributed by atoms with van der Waals surface area (Å²) < 4.78 is 9.89. The van der Waals surface area contributed by atoms with Gasteiger partial charge in [0.15, 0.2) is 6.61 Å². The summed E-state index contributed by atoms with van der Waals surface area (Å²) in [4.78, 5) is 47.4. The Morgan fingerprint density at radius 2 is 1.47 bits per heavy atom. The molecule has 0 spiro atoms. The standard InChI is InChI=1S/C22H22Cl2N2O6/c1-2-11-31-22(30)14-3-5-15(6-4-14)25-19(27)9-10-21(29)32-13-20(28)26-16-7-8-17(23)18(24)12-16/h3-8,12H,2,9-11,13H2,1H3,(H,25,27)(H,26,28). The first-order chi connectivity index (χ1) is 15.3. The second-order valence-electron chi connectivity index (χ2n) is 6.60. The Kier molecular flexibility index (Phi) is 9.97. The number of anilines is 2. The van der Waals surface area contributed by atoms with Crippen molar-refractivity contribution in [1.82, 2.24) is 0 Å². The van der Waals surface area contributed by atoms with Crippen LogP contribution in [0.5, 0.6) is 0 Å². The minimum atomic E-state index is -0.696. The Morgan fingerprint density at radius 3 is 2.12 bits per heavy atom. The minimum Gasteiger partial charge on any atom is -0.462 e. The van der Waals surface area contributed by atoms with Crippen LogP contribution in [0, 0.1) is 0 Å². The number of nitrogens with one attached hydrogen (secondary N) is 2. The van der Waals surface area contributed by atoms with E-state index in [0.717, 1.165) is 6.42 Å². The Morgan fingerprint density at radius 1 is 0.812 bits per heavy atom. The van der Waals surface area contributed by atoms with Gasteiger partial charge in [-0.25, -0.2) is 4.79 Å². The van der Waals surface area contributed by atoms with Crippen molar-refractivity contribution in [2.45, 2.75) is 26.2 Å². The van der Waals surface area contributed by atoms with E-state index in [1.807, 2.05) is 6.92 Å². The molecule has 8 nitrogen and oxygen atoms in total. The highest BCUT2D eigenvalue weighted by molar-refractivity contribution is 6.42. The van der Waals surface area contributed by atoms with Gasteiger partial charge in [-0.15, -0.1) is 0 Å². The second kappa shape index (κ2) is 12.7. The summed E-state index contributed by atoms with van der Waals surface area (Å²) in [5, 5.41) is 5.75. The van der Waals surface area contributed by atoms with E-state index in [1.54, 1.807) is 18.2 Å².